The highest BCUT2D eigenvalue weighted by molar-refractivity contribution is 5.73. The number of hydrogen-bond acceptors (Lipinski definition) is 5. The topological polar surface area (TPSA) is 106 Å². The van der Waals surface area contributed by atoms with Gasteiger partial charge in [0.25, 0.3) is 0 Å². The molecule has 7 nitrogen and oxygen atoms in total. The molecule has 1 amide bonds. The Morgan fingerprint density at radius 2 is 2.44 bits per heavy atom. The van der Waals surface area contributed by atoms with E-state index >= 15 is 0 Å². The maximum Gasteiger partial charge on any atom is 0.217 e. The molecule has 0 atom stereocenters. The third-order valence-corrected chi connectivity index (χ3v) is 2.00. The molecule has 0 aliphatic carbocycles. The minimum atomic E-state index is -0.282. The normalized spacial score (nSPS) is 10.6. The summed E-state index contributed by atoms with van der Waals surface area (Å²) in [4.78, 5) is 10.5. The van der Waals surface area contributed by atoms with Crippen LogP contribution in [0.25, 0.3) is 0 Å². The summed E-state index contributed by atoms with van der Waals surface area (Å²) in [6.07, 6.45) is 2.89. The van der Waals surface area contributed by atoms with E-state index in [1.807, 2.05) is 0 Å². The standard InChI is InChI=1S/C9H17N5O2/c10-9(16)2-1-3-11-6-8-7-14(4-5-15)13-12-8/h7,11,15H,1-6H2,(H2,10,16). The molecule has 7 heteroatoms. The van der Waals surface area contributed by atoms with Gasteiger partial charge in [0.2, 0.25) is 5.91 Å². The average Bonchev–Trinajstić information content (AvgIpc) is 2.65. The van der Waals surface area contributed by atoms with Gasteiger partial charge in [-0.2, -0.15) is 0 Å². The van der Waals surface area contributed by atoms with Crippen LogP contribution in [0, 0.1) is 0 Å². The van der Waals surface area contributed by atoms with Crippen LogP contribution < -0.4 is 11.1 Å². The number of aliphatic hydroxyl groups is 1. The maximum absolute atomic E-state index is 10.5. The molecule has 16 heavy (non-hydrogen) atoms. The lowest BCUT2D eigenvalue weighted by Crippen LogP contribution is -2.18. The third-order valence-electron chi connectivity index (χ3n) is 2.00. The summed E-state index contributed by atoms with van der Waals surface area (Å²) >= 11 is 0. The molecule has 1 rings (SSSR count). The second kappa shape index (κ2) is 6.91. The van der Waals surface area contributed by atoms with Crippen molar-refractivity contribution in [3.63, 3.8) is 0 Å². The maximum atomic E-state index is 10.5. The van der Waals surface area contributed by atoms with Gasteiger partial charge in [0.05, 0.1) is 18.8 Å². The van der Waals surface area contributed by atoms with Gasteiger partial charge >= 0.3 is 0 Å². The van der Waals surface area contributed by atoms with E-state index in [4.69, 9.17) is 10.8 Å². The zero-order valence-electron chi connectivity index (χ0n) is 9.09. The number of carbonyl (C=O) groups excluding carboxylic acids is 1. The van der Waals surface area contributed by atoms with E-state index in [2.05, 4.69) is 15.6 Å². The Kier molecular flexibility index (Phi) is 5.44. The van der Waals surface area contributed by atoms with Gasteiger partial charge in [0, 0.05) is 19.2 Å². The van der Waals surface area contributed by atoms with Gasteiger partial charge in [-0.05, 0) is 13.0 Å². The van der Waals surface area contributed by atoms with Crippen molar-refractivity contribution in [2.75, 3.05) is 13.2 Å². The molecular weight excluding hydrogens is 210 g/mol. The zero-order chi connectivity index (χ0) is 11.8. The van der Waals surface area contributed by atoms with Crippen LogP contribution in [0.4, 0.5) is 0 Å². The Labute approximate surface area is 93.6 Å². The fourth-order valence-electron chi connectivity index (χ4n) is 1.24. The number of carbonyl (C=O) groups is 1. The lowest BCUT2D eigenvalue weighted by molar-refractivity contribution is -0.118. The second-order valence-corrected chi connectivity index (χ2v) is 3.44. The lowest BCUT2D eigenvalue weighted by Gasteiger charge is -2.00. The highest BCUT2D eigenvalue weighted by atomic mass is 16.3. The second-order valence-electron chi connectivity index (χ2n) is 3.44. The van der Waals surface area contributed by atoms with Crippen molar-refractivity contribution < 1.29 is 9.90 Å². The van der Waals surface area contributed by atoms with Crippen LogP contribution in [0.1, 0.15) is 18.5 Å². The van der Waals surface area contributed by atoms with Crippen LogP contribution in [0.5, 0.6) is 0 Å². The summed E-state index contributed by atoms with van der Waals surface area (Å²) in [6.45, 7) is 1.82. The summed E-state index contributed by atoms with van der Waals surface area (Å²) in [6, 6.07) is 0. The molecule has 0 spiro atoms. The summed E-state index contributed by atoms with van der Waals surface area (Å²) in [5.41, 5.74) is 5.82. The van der Waals surface area contributed by atoms with Gasteiger partial charge in [0.1, 0.15) is 0 Å². The van der Waals surface area contributed by atoms with Crippen molar-refractivity contribution in [3.05, 3.63) is 11.9 Å². The van der Waals surface area contributed by atoms with Crippen LogP contribution in [0.2, 0.25) is 0 Å². The molecule has 0 aromatic carbocycles. The third kappa shape index (κ3) is 4.85. The summed E-state index contributed by atoms with van der Waals surface area (Å²) in [5, 5.41) is 19.5. The zero-order valence-corrected chi connectivity index (χ0v) is 9.09. The molecule has 4 N–H and O–H groups in total. The minimum absolute atomic E-state index is 0.0504. The molecule has 1 heterocycles. The molecule has 0 saturated heterocycles. The largest absolute Gasteiger partial charge is 0.394 e. The molecule has 0 radical (unpaired) electrons. The average molecular weight is 227 g/mol. The van der Waals surface area contributed by atoms with Crippen LogP contribution in [-0.2, 0) is 17.9 Å². The molecule has 1 aromatic heterocycles. The van der Waals surface area contributed by atoms with Crippen molar-refractivity contribution in [1.82, 2.24) is 20.3 Å². The quantitative estimate of drug-likeness (QED) is 0.475. The first-order chi connectivity index (χ1) is 7.72. The van der Waals surface area contributed by atoms with Gasteiger partial charge in [-0.25, -0.2) is 4.68 Å². The number of nitrogens with one attached hydrogen (secondary N) is 1. The van der Waals surface area contributed by atoms with Gasteiger partial charge in [-0.1, -0.05) is 5.21 Å². The number of primary amides is 1. The fourth-order valence-corrected chi connectivity index (χ4v) is 1.24. The lowest BCUT2D eigenvalue weighted by atomic mass is 10.3. The fraction of sp³-hybridized carbons (Fsp3) is 0.667. The predicted octanol–water partition coefficient (Wildman–Crippen LogP) is -1.37. The number of amides is 1. The number of nitrogens with two attached hydrogens (primary N) is 1. The first kappa shape index (κ1) is 12.6. The van der Waals surface area contributed by atoms with Crippen molar-refractivity contribution in [2.45, 2.75) is 25.9 Å². The van der Waals surface area contributed by atoms with E-state index in [9.17, 15) is 4.79 Å². The van der Waals surface area contributed by atoms with E-state index in [1.165, 1.54) is 0 Å². The molecule has 90 valence electrons. The van der Waals surface area contributed by atoms with Crippen LogP contribution >= 0.6 is 0 Å². The van der Waals surface area contributed by atoms with E-state index in [1.54, 1.807) is 10.9 Å². The van der Waals surface area contributed by atoms with Crippen LogP contribution in [0.15, 0.2) is 6.20 Å². The Morgan fingerprint density at radius 3 is 3.12 bits per heavy atom. The van der Waals surface area contributed by atoms with Gasteiger partial charge < -0.3 is 16.2 Å². The first-order valence-corrected chi connectivity index (χ1v) is 5.21. The SMILES string of the molecule is NC(=O)CCCNCc1cn(CCO)nn1. The summed E-state index contributed by atoms with van der Waals surface area (Å²) < 4.78 is 1.58. The number of aromatic nitrogens is 3. The number of rotatable bonds is 8. The summed E-state index contributed by atoms with van der Waals surface area (Å²) in [5.74, 6) is -0.282. The Balaban J connectivity index is 2.14. The number of nitrogens with zero attached hydrogens (tertiary/aromatic N) is 3. The van der Waals surface area contributed by atoms with E-state index in [0.29, 0.717) is 19.5 Å². The molecule has 0 unspecified atom stereocenters. The van der Waals surface area contributed by atoms with Gasteiger partial charge in [0.15, 0.2) is 0 Å². The van der Waals surface area contributed by atoms with Crippen molar-refractivity contribution in [1.29, 1.82) is 0 Å². The van der Waals surface area contributed by atoms with Crippen molar-refractivity contribution in [3.8, 4) is 0 Å². The van der Waals surface area contributed by atoms with E-state index in [0.717, 1.165) is 18.7 Å². The smallest absolute Gasteiger partial charge is 0.217 e. The molecule has 0 saturated carbocycles. The first-order valence-electron chi connectivity index (χ1n) is 5.21. The van der Waals surface area contributed by atoms with Crippen LogP contribution in [0.3, 0.4) is 0 Å². The monoisotopic (exact) mass is 227 g/mol. The highest BCUT2D eigenvalue weighted by Gasteiger charge is 2.00. The Bertz CT molecular complexity index is 325. The summed E-state index contributed by atoms with van der Waals surface area (Å²) in [7, 11) is 0. The molecular formula is C9H17N5O2. The number of hydrogen-bond donors (Lipinski definition) is 3. The molecule has 0 bridgehead atoms. The van der Waals surface area contributed by atoms with Gasteiger partial charge in [-0.15, -0.1) is 5.10 Å². The molecule has 0 aliphatic rings. The predicted molar refractivity (Wildman–Crippen MR) is 57.2 cm³/mol. The van der Waals surface area contributed by atoms with E-state index in [-0.39, 0.29) is 12.5 Å². The Morgan fingerprint density at radius 1 is 1.62 bits per heavy atom. The molecule has 0 fully saturated rings. The van der Waals surface area contributed by atoms with Crippen molar-refractivity contribution >= 4 is 5.91 Å². The van der Waals surface area contributed by atoms with Crippen molar-refractivity contribution in [2.24, 2.45) is 5.73 Å². The van der Waals surface area contributed by atoms with E-state index < -0.39 is 0 Å². The highest BCUT2D eigenvalue weighted by Crippen LogP contribution is 1.93. The molecule has 1 aromatic rings. The number of aliphatic hydroxyl groups excluding tert-OH is 1. The van der Waals surface area contributed by atoms with Gasteiger partial charge in [-0.3, -0.25) is 4.79 Å². The minimum Gasteiger partial charge on any atom is -0.394 e. The van der Waals surface area contributed by atoms with Crippen LogP contribution in [-0.4, -0.2) is 39.2 Å². The molecule has 0 aliphatic heterocycles. The Hall–Kier alpha value is -1.47.